The van der Waals surface area contributed by atoms with Gasteiger partial charge in [0.05, 0.1) is 24.4 Å². The minimum absolute atomic E-state index is 0.231. The lowest BCUT2D eigenvalue weighted by molar-refractivity contribution is 0.0696. The van der Waals surface area contributed by atoms with Crippen molar-refractivity contribution in [3.05, 3.63) is 126 Å². The van der Waals surface area contributed by atoms with Crippen LogP contribution in [-0.4, -0.2) is 28.3 Å². The number of hydrogen-bond donors (Lipinski definition) is 2. The van der Waals surface area contributed by atoms with Crippen LogP contribution in [0.4, 0.5) is 5.69 Å². The van der Waals surface area contributed by atoms with Gasteiger partial charge in [-0.05, 0) is 110 Å². The van der Waals surface area contributed by atoms with E-state index in [0.29, 0.717) is 28.1 Å². The number of nitrogens with one attached hydrogen (secondary N) is 1. The van der Waals surface area contributed by atoms with E-state index in [9.17, 15) is 9.90 Å². The first kappa shape index (κ1) is 27.0. The van der Waals surface area contributed by atoms with E-state index in [4.69, 9.17) is 26.1 Å². The Labute approximate surface area is 248 Å². The third-order valence-electron chi connectivity index (χ3n) is 7.17. The quantitative estimate of drug-likeness (QED) is 0.184. The number of anilines is 1. The largest absolute Gasteiger partial charge is 0.497 e. The minimum Gasteiger partial charge on any atom is -0.497 e. The minimum atomic E-state index is -0.968. The number of hydrogen-bond acceptors (Lipinski definition) is 6. The molecule has 0 aliphatic carbocycles. The maximum absolute atomic E-state index is 11.4. The number of aromatic carboxylic acids is 1. The zero-order valence-corrected chi connectivity index (χ0v) is 23.7. The van der Waals surface area contributed by atoms with E-state index >= 15 is 0 Å². The summed E-state index contributed by atoms with van der Waals surface area (Å²) in [4.78, 5) is 18.0. The van der Waals surface area contributed by atoms with Crippen molar-refractivity contribution >= 4 is 29.0 Å². The standard InChI is InChI=1S/C33H27N3O5S/c1-20-19-21(32(37)38)6-15-26(20)28-16-17-29(41-28)31-30(27-5-3-4-18-34-27)35-33(42)36(31)22-7-9-24(10-8-22)40-25-13-11-23(39-2)12-14-25/h3-19,30-31H,1-2H3,(H,35,42)(H,37,38)/t30-,31+/m1/s1. The van der Waals surface area contributed by atoms with Gasteiger partial charge in [-0.3, -0.25) is 4.98 Å². The molecule has 0 bridgehead atoms. The SMILES string of the molecule is COc1ccc(Oc2ccc(N3C(=S)N[C@H](c4ccccn4)[C@@H]3c3ccc(-c4ccc(C(=O)O)cc4C)o3)cc2)cc1. The lowest BCUT2D eigenvalue weighted by Gasteiger charge is -2.26. The predicted molar refractivity (Wildman–Crippen MR) is 163 cm³/mol. The summed E-state index contributed by atoms with van der Waals surface area (Å²) in [7, 11) is 1.63. The molecule has 0 radical (unpaired) electrons. The Hall–Kier alpha value is -5.15. The Morgan fingerprint density at radius 1 is 0.952 bits per heavy atom. The molecule has 3 heterocycles. The normalized spacial score (nSPS) is 16.2. The van der Waals surface area contributed by atoms with Crippen LogP contribution in [0.25, 0.3) is 11.3 Å². The predicted octanol–water partition coefficient (Wildman–Crippen LogP) is 7.33. The van der Waals surface area contributed by atoms with Crippen LogP contribution in [0.2, 0.25) is 0 Å². The summed E-state index contributed by atoms with van der Waals surface area (Å²) in [6, 6.07) is 29.1. The molecule has 0 saturated carbocycles. The van der Waals surface area contributed by atoms with Crippen LogP contribution in [0, 0.1) is 6.92 Å². The van der Waals surface area contributed by atoms with Gasteiger partial charge in [0, 0.05) is 17.4 Å². The van der Waals surface area contributed by atoms with Gasteiger partial charge in [-0.25, -0.2) is 4.79 Å². The molecule has 1 saturated heterocycles. The van der Waals surface area contributed by atoms with Crippen molar-refractivity contribution in [3.8, 4) is 28.6 Å². The van der Waals surface area contributed by atoms with Gasteiger partial charge in [0.25, 0.3) is 0 Å². The van der Waals surface area contributed by atoms with Crippen LogP contribution >= 0.6 is 12.2 Å². The van der Waals surface area contributed by atoms with Crippen molar-refractivity contribution < 1.29 is 23.8 Å². The fourth-order valence-electron chi connectivity index (χ4n) is 5.11. The van der Waals surface area contributed by atoms with E-state index < -0.39 is 5.97 Å². The Kier molecular flexibility index (Phi) is 7.33. The van der Waals surface area contributed by atoms with E-state index in [1.165, 1.54) is 0 Å². The highest BCUT2D eigenvalue weighted by Crippen LogP contribution is 2.43. The number of nitrogens with zero attached hydrogens (tertiary/aromatic N) is 2. The molecular formula is C33H27N3O5S. The first-order valence-electron chi connectivity index (χ1n) is 13.3. The molecule has 0 spiro atoms. The lowest BCUT2D eigenvalue weighted by Crippen LogP contribution is -2.29. The summed E-state index contributed by atoms with van der Waals surface area (Å²) >= 11 is 5.84. The van der Waals surface area contributed by atoms with Crippen molar-refractivity contribution in [2.45, 2.75) is 19.0 Å². The molecule has 2 atom stereocenters. The zero-order chi connectivity index (χ0) is 29.2. The van der Waals surface area contributed by atoms with Gasteiger partial charge in [0.1, 0.15) is 34.8 Å². The summed E-state index contributed by atoms with van der Waals surface area (Å²) < 4.78 is 17.7. The molecule has 2 N–H and O–H groups in total. The van der Waals surface area contributed by atoms with Crippen LogP contribution in [0.3, 0.4) is 0 Å². The maximum Gasteiger partial charge on any atom is 0.335 e. The number of methoxy groups -OCH3 is 1. The van der Waals surface area contributed by atoms with Crippen molar-refractivity contribution in [2.75, 3.05) is 12.0 Å². The van der Waals surface area contributed by atoms with Crippen LogP contribution in [0.5, 0.6) is 17.2 Å². The molecule has 2 aromatic heterocycles. The zero-order valence-electron chi connectivity index (χ0n) is 22.9. The summed E-state index contributed by atoms with van der Waals surface area (Å²) in [6.45, 7) is 1.87. The average Bonchev–Trinajstić information content (AvgIpc) is 3.63. The number of thiocarbonyl (C=S) groups is 1. The molecule has 8 nitrogen and oxygen atoms in total. The lowest BCUT2D eigenvalue weighted by atomic mass is 10.0. The molecule has 6 rings (SSSR count). The Morgan fingerprint density at radius 2 is 1.67 bits per heavy atom. The third-order valence-corrected chi connectivity index (χ3v) is 7.48. The molecule has 1 aliphatic heterocycles. The number of carboxylic acids is 1. The summed E-state index contributed by atoms with van der Waals surface area (Å²) in [5.74, 6) is 2.50. The van der Waals surface area contributed by atoms with E-state index in [2.05, 4.69) is 10.3 Å². The average molecular weight is 578 g/mol. The number of benzene rings is 3. The molecule has 3 aromatic carbocycles. The summed E-state index contributed by atoms with van der Waals surface area (Å²) in [6.07, 6.45) is 1.76. The highest BCUT2D eigenvalue weighted by Gasteiger charge is 2.42. The highest BCUT2D eigenvalue weighted by atomic mass is 32.1. The van der Waals surface area contributed by atoms with Crippen molar-refractivity contribution in [1.29, 1.82) is 0 Å². The fourth-order valence-corrected chi connectivity index (χ4v) is 5.45. The fraction of sp³-hybridized carbons (Fsp3) is 0.121. The Bertz CT molecular complexity index is 1740. The first-order chi connectivity index (χ1) is 20.4. The number of aromatic nitrogens is 1. The molecule has 1 fully saturated rings. The van der Waals surface area contributed by atoms with Crippen LogP contribution in [0.15, 0.2) is 108 Å². The molecule has 42 heavy (non-hydrogen) atoms. The number of carboxylic acid groups (broad SMARTS) is 1. The van der Waals surface area contributed by atoms with Gasteiger partial charge in [-0.2, -0.15) is 0 Å². The maximum atomic E-state index is 11.4. The smallest absolute Gasteiger partial charge is 0.335 e. The molecule has 210 valence electrons. The number of aryl methyl sites for hydroxylation is 1. The number of ether oxygens (including phenoxy) is 2. The van der Waals surface area contributed by atoms with Gasteiger partial charge >= 0.3 is 5.97 Å². The van der Waals surface area contributed by atoms with Crippen LogP contribution in [0.1, 0.15) is 39.5 Å². The van der Waals surface area contributed by atoms with Crippen molar-refractivity contribution in [1.82, 2.24) is 10.3 Å². The second-order valence-electron chi connectivity index (χ2n) is 9.80. The summed E-state index contributed by atoms with van der Waals surface area (Å²) in [5.41, 5.74) is 3.54. The Balaban J connectivity index is 1.33. The van der Waals surface area contributed by atoms with Gasteiger partial charge in [0.15, 0.2) is 5.11 Å². The second-order valence-corrected chi connectivity index (χ2v) is 10.2. The highest BCUT2D eigenvalue weighted by molar-refractivity contribution is 7.80. The van der Waals surface area contributed by atoms with Crippen LogP contribution < -0.4 is 19.7 Å². The number of pyridine rings is 1. The number of carbonyl (C=O) groups is 1. The molecule has 0 unspecified atom stereocenters. The van der Waals surface area contributed by atoms with E-state index in [0.717, 1.165) is 28.3 Å². The van der Waals surface area contributed by atoms with E-state index in [1.54, 1.807) is 31.5 Å². The third kappa shape index (κ3) is 5.29. The molecular weight excluding hydrogens is 550 g/mol. The molecule has 9 heteroatoms. The van der Waals surface area contributed by atoms with E-state index in [-0.39, 0.29) is 17.6 Å². The monoisotopic (exact) mass is 577 g/mol. The van der Waals surface area contributed by atoms with Gasteiger partial charge in [-0.1, -0.05) is 12.1 Å². The van der Waals surface area contributed by atoms with Crippen molar-refractivity contribution in [2.24, 2.45) is 0 Å². The van der Waals surface area contributed by atoms with Crippen molar-refractivity contribution in [3.63, 3.8) is 0 Å². The molecule has 1 aliphatic rings. The number of furan rings is 1. The summed E-state index contributed by atoms with van der Waals surface area (Å²) in [5, 5.41) is 13.3. The molecule has 5 aromatic rings. The van der Waals surface area contributed by atoms with Gasteiger partial charge in [0.2, 0.25) is 0 Å². The van der Waals surface area contributed by atoms with E-state index in [1.807, 2.05) is 90.7 Å². The number of rotatable bonds is 8. The second kappa shape index (κ2) is 11.4. The van der Waals surface area contributed by atoms with Gasteiger partial charge < -0.3 is 29.2 Å². The first-order valence-corrected chi connectivity index (χ1v) is 13.7. The Morgan fingerprint density at radius 3 is 2.31 bits per heavy atom. The van der Waals surface area contributed by atoms with Crippen LogP contribution in [-0.2, 0) is 0 Å². The molecule has 0 amide bonds. The van der Waals surface area contributed by atoms with Gasteiger partial charge in [-0.15, -0.1) is 0 Å². The topological polar surface area (TPSA) is 97.1 Å².